The van der Waals surface area contributed by atoms with E-state index in [1.807, 2.05) is 24.3 Å². The third-order valence-electron chi connectivity index (χ3n) is 2.38. The molecular weight excluding hydrogens is 218 g/mol. The van der Waals surface area contributed by atoms with Gasteiger partial charge < -0.3 is 14.9 Å². The molecular formula is C12H15N3O2. The fraction of sp³-hybridized carbons (Fsp3) is 0.333. The van der Waals surface area contributed by atoms with Gasteiger partial charge in [0.2, 0.25) is 11.8 Å². The highest BCUT2D eigenvalue weighted by Gasteiger charge is 2.06. The quantitative estimate of drug-likeness (QED) is 0.839. The van der Waals surface area contributed by atoms with Crippen molar-refractivity contribution in [1.29, 1.82) is 0 Å². The van der Waals surface area contributed by atoms with E-state index >= 15 is 0 Å². The Balaban J connectivity index is 2.03. The number of hydrogen-bond donors (Lipinski definition) is 1. The van der Waals surface area contributed by atoms with Gasteiger partial charge >= 0.3 is 0 Å². The van der Waals surface area contributed by atoms with E-state index in [4.69, 9.17) is 14.9 Å². The molecule has 1 aromatic heterocycles. The van der Waals surface area contributed by atoms with Crippen LogP contribution in [0.5, 0.6) is 5.75 Å². The van der Waals surface area contributed by atoms with Crippen molar-refractivity contribution in [3.63, 3.8) is 0 Å². The molecule has 2 rings (SSSR count). The van der Waals surface area contributed by atoms with Gasteiger partial charge in [0, 0.05) is 13.0 Å². The molecule has 0 aliphatic carbocycles. The lowest BCUT2D eigenvalue weighted by atomic mass is 10.1. The van der Waals surface area contributed by atoms with Crippen molar-refractivity contribution in [2.24, 2.45) is 5.73 Å². The zero-order valence-electron chi connectivity index (χ0n) is 9.72. The Labute approximate surface area is 99.6 Å². The lowest BCUT2D eigenvalue weighted by Gasteiger charge is -2.00. The molecule has 0 atom stereocenters. The fourth-order valence-electron chi connectivity index (χ4n) is 1.50. The molecule has 0 aliphatic heterocycles. The molecule has 0 saturated heterocycles. The maximum atomic E-state index is 5.45. The summed E-state index contributed by atoms with van der Waals surface area (Å²) >= 11 is 0. The van der Waals surface area contributed by atoms with Gasteiger partial charge in [-0.25, -0.2) is 0 Å². The monoisotopic (exact) mass is 233 g/mol. The number of aromatic nitrogens is 2. The van der Waals surface area contributed by atoms with Crippen LogP contribution in [0.1, 0.15) is 17.3 Å². The minimum Gasteiger partial charge on any atom is -0.497 e. The summed E-state index contributed by atoms with van der Waals surface area (Å²) in [6.07, 6.45) is 1.25. The minimum atomic E-state index is 0.518. The maximum Gasteiger partial charge on any atom is 0.220 e. The predicted molar refractivity (Wildman–Crippen MR) is 62.9 cm³/mol. The molecule has 2 N–H and O–H groups in total. The van der Waals surface area contributed by atoms with Crippen LogP contribution in [0, 0.1) is 0 Å². The van der Waals surface area contributed by atoms with Crippen LogP contribution in [-0.2, 0) is 12.8 Å². The molecule has 90 valence electrons. The first-order valence-electron chi connectivity index (χ1n) is 5.46. The lowest BCUT2D eigenvalue weighted by Crippen LogP contribution is -2.02. The Morgan fingerprint density at radius 1 is 1.18 bits per heavy atom. The molecule has 1 aromatic carbocycles. The van der Waals surface area contributed by atoms with Gasteiger partial charge in [-0.2, -0.15) is 0 Å². The van der Waals surface area contributed by atoms with Gasteiger partial charge in [0.25, 0.3) is 0 Å². The Kier molecular flexibility index (Phi) is 3.72. The number of nitrogens with zero attached hydrogens (tertiary/aromatic N) is 2. The summed E-state index contributed by atoms with van der Waals surface area (Å²) in [5, 5.41) is 7.88. The average molecular weight is 233 g/mol. The standard InChI is InChI=1S/C12H15N3O2/c1-16-10-4-2-9(3-5-10)8-12-15-14-11(17-12)6-7-13/h2-5H,6-8,13H2,1H3. The average Bonchev–Trinajstić information content (AvgIpc) is 2.78. The van der Waals surface area contributed by atoms with Crippen molar-refractivity contribution in [3.8, 4) is 5.75 Å². The molecule has 2 aromatic rings. The zero-order chi connectivity index (χ0) is 12.1. The van der Waals surface area contributed by atoms with Crippen LogP contribution in [0.4, 0.5) is 0 Å². The molecule has 0 radical (unpaired) electrons. The molecule has 1 heterocycles. The van der Waals surface area contributed by atoms with Crippen LogP contribution in [-0.4, -0.2) is 23.9 Å². The maximum absolute atomic E-state index is 5.45. The van der Waals surface area contributed by atoms with Crippen molar-refractivity contribution in [2.75, 3.05) is 13.7 Å². The zero-order valence-corrected chi connectivity index (χ0v) is 9.72. The molecule has 0 saturated carbocycles. The Bertz CT molecular complexity index is 465. The molecule has 0 fully saturated rings. The second-order valence-electron chi connectivity index (χ2n) is 3.65. The normalized spacial score (nSPS) is 10.5. The van der Waals surface area contributed by atoms with Crippen LogP contribution in [0.15, 0.2) is 28.7 Å². The molecule has 0 spiro atoms. The Hall–Kier alpha value is -1.88. The summed E-state index contributed by atoms with van der Waals surface area (Å²) in [5.41, 5.74) is 6.52. The predicted octanol–water partition coefficient (Wildman–Crippen LogP) is 1.17. The highest BCUT2D eigenvalue weighted by atomic mass is 16.5. The van der Waals surface area contributed by atoms with Crippen molar-refractivity contribution in [1.82, 2.24) is 10.2 Å². The second-order valence-corrected chi connectivity index (χ2v) is 3.65. The van der Waals surface area contributed by atoms with E-state index in [0.29, 0.717) is 31.2 Å². The fourth-order valence-corrected chi connectivity index (χ4v) is 1.50. The van der Waals surface area contributed by atoms with Crippen molar-refractivity contribution >= 4 is 0 Å². The molecule has 17 heavy (non-hydrogen) atoms. The number of nitrogens with two attached hydrogens (primary N) is 1. The first-order chi connectivity index (χ1) is 8.31. The van der Waals surface area contributed by atoms with Crippen LogP contribution in [0.25, 0.3) is 0 Å². The highest BCUT2D eigenvalue weighted by Crippen LogP contribution is 2.14. The van der Waals surface area contributed by atoms with Crippen LogP contribution >= 0.6 is 0 Å². The number of hydrogen-bond acceptors (Lipinski definition) is 5. The van der Waals surface area contributed by atoms with Crippen molar-refractivity contribution in [2.45, 2.75) is 12.8 Å². The number of rotatable bonds is 5. The van der Waals surface area contributed by atoms with Gasteiger partial charge in [-0.05, 0) is 17.7 Å². The van der Waals surface area contributed by atoms with Crippen LogP contribution in [0.3, 0.4) is 0 Å². The van der Waals surface area contributed by atoms with Gasteiger partial charge in [-0.3, -0.25) is 0 Å². The van der Waals surface area contributed by atoms with E-state index in [9.17, 15) is 0 Å². The summed E-state index contributed by atoms with van der Waals surface area (Å²) < 4.78 is 10.5. The Morgan fingerprint density at radius 3 is 2.53 bits per heavy atom. The molecule has 0 unspecified atom stereocenters. The van der Waals surface area contributed by atoms with E-state index in [2.05, 4.69) is 10.2 Å². The second kappa shape index (κ2) is 5.45. The molecule has 0 amide bonds. The van der Waals surface area contributed by atoms with E-state index < -0.39 is 0 Å². The first kappa shape index (κ1) is 11.6. The van der Waals surface area contributed by atoms with Gasteiger partial charge in [-0.15, -0.1) is 10.2 Å². The summed E-state index contributed by atoms with van der Waals surface area (Å²) in [6, 6.07) is 7.77. The summed E-state index contributed by atoms with van der Waals surface area (Å²) in [5.74, 6) is 2.04. The van der Waals surface area contributed by atoms with Gasteiger partial charge in [0.15, 0.2) is 0 Å². The van der Waals surface area contributed by atoms with E-state index in [0.717, 1.165) is 11.3 Å². The van der Waals surface area contributed by atoms with Crippen molar-refractivity contribution < 1.29 is 9.15 Å². The summed E-state index contributed by atoms with van der Waals surface area (Å²) in [4.78, 5) is 0. The molecule has 5 heteroatoms. The third kappa shape index (κ3) is 3.04. The summed E-state index contributed by atoms with van der Waals surface area (Å²) in [7, 11) is 1.64. The van der Waals surface area contributed by atoms with Gasteiger partial charge in [-0.1, -0.05) is 12.1 Å². The Morgan fingerprint density at radius 2 is 1.88 bits per heavy atom. The van der Waals surface area contributed by atoms with E-state index in [-0.39, 0.29) is 0 Å². The smallest absolute Gasteiger partial charge is 0.220 e. The lowest BCUT2D eigenvalue weighted by molar-refractivity contribution is 0.414. The van der Waals surface area contributed by atoms with Gasteiger partial charge in [0.1, 0.15) is 5.75 Å². The molecule has 0 aliphatic rings. The highest BCUT2D eigenvalue weighted by molar-refractivity contribution is 5.28. The van der Waals surface area contributed by atoms with E-state index in [1.54, 1.807) is 7.11 Å². The number of ether oxygens (including phenoxy) is 1. The topological polar surface area (TPSA) is 74.2 Å². The molecule has 0 bridgehead atoms. The number of benzene rings is 1. The first-order valence-corrected chi connectivity index (χ1v) is 5.46. The number of methoxy groups -OCH3 is 1. The third-order valence-corrected chi connectivity index (χ3v) is 2.38. The van der Waals surface area contributed by atoms with Gasteiger partial charge in [0.05, 0.1) is 13.5 Å². The van der Waals surface area contributed by atoms with E-state index in [1.165, 1.54) is 0 Å². The molecule has 5 nitrogen and oxygen atoms in total. The summed E-state index contributed by atoms with van der Waals surface area (Å²) in [6.45, 7) is 0.518. The largest absolute Gasteiger partial charge is 0.497 e. The SMILES string of the molecule is COc1ccc(Cc2nnc(CCN)o2)cc1. The minimum absolute atomic E-state index is 0.518. The van der Waals surface area contributed by atoms with Crippen LogP contribution < -0.4 is 10.5 Å². The van der Waals surface area contributed by atoms with Crippen LogP contribution in [0.2, 0.25) is 0 Å². The van der Waals surface area contributed by atoms with Crippen molar-refractivity contribution in [3.05, 3.63) is 41.6 Å².